The van der Waals surface area contributed by atoms with E-state index in [0.717, 1.165) is 51.3 Å². The molecule has 0 spiro atoms. The van der Waals surface area contributed by atoms with E-state index in [2.05, 4.69) is 9.71 Å². The highest BCUT2D eigenvalue weighted by Gasteiger charge is 2.29. The van der Waals surface area contributed by atoms with Crippen LogP contribution in [0.5, 0.6) is 0 Å². The number of thiazole rings is 1. The van der Waals surface area contributed by atoms with Gasteiger partial charge in [0.1, 0.15) is 11.6 Å². The second-order valence-electron chi connectivity index (χ2n) is 10.1. The molecule has 3 N–H and O–H groups in total. The maximum Gasteiger partial charge on any atom is 0.355 e. The zero-order valence-corrected chi connectivity index (χ0v) is 24.6. The molecular formula is C29H24F2N4O4S3. The van der Waals surface area contributed by atoms with Crippen LogP contribution in [-0.4, -0.2) is 34.6 Å². The molecule has 216 valence electrons. The first-order chi connectivity index (χ1) is 20.2. The lowest BCUT2D eigenvalue weighted by Crippen LogP contribution is -2.04. The van der Waals surface area contributed by atoms with Gasteiger partial charge >= 0.3 is 5.97 Å². The Hall–Kier alpha value is -3.78. The van der Waals surface area contributed by atoms with Gasteiger partial charge < -0.3 is 5.11 Å². The molecule has 0 radical (unpaired) electrons. The Morgan fingerprint density at radius 3 is 2.60 bits per heavy atom. The second kappa shape index (κ2) is 11.5. The molecule has 1 unspecified atom stereocenters. The van der Waals surface area contributed by atoms with Crippen molar-refractivity contribution in [2.45, 2.75) is 32.6 Å². The van der Waals surface area contributed by atoms with E-state index >= 15 is 8.78 Å². The van der Waals surface area contributed by atoms with Crippen LogP contribution in [0, 0.1) is 24.5 Å². The molecule has 0 amide bonds. The Morgan fingerprint density at radius 2 is 1.95 bits per heavy atom. The van der Waals surface area contributed by atoms with E-state index in [1.165, 1.54) is 28.8 Å². The maximum atomic E-state index is 15.3. The number of thiophene rings is 1. The summed E-state index contributed by atoms with van der Waals surface area (Å²) in [7, 11) is 0. The van der Waals surface area contributed by atoms with Crippen LogP contribution in [0.3, 0.4) is 0 Å². The number of carboxylic acids is 1. The normalized spacial score (nSPS) is 13.8. The van der Waals surface area contributed by atoms with Gasteiger partial charge in [-0.3, -0.25) is 9.27 Å². The quantitative estimate of drug-likeness (QED) is 0.142. The van der Waals surface area contributed by atoms with Crippen molar-refractivity contribution in [2.24, 2.45) is 5.92 Å². The minimum absolute atomic E-state index is 0.119. The topological polar surface area (TPSA) is 117 Å². The van der Waals surface area contributed by atoms with Crippen LogP contribution < -0.4 is 4.72 Å². The number of halogens is 2. The fourth-order valence-electron chi connectivity index (χ4n) is 4.82. The van der Waals surface area contributed by atoms with Crippen molar-refractivity contribution < 1.29 is 27.4 Å². The summed E-state index contributed by atoms with van der Waals surface area (Å²) >= 11 is 0.244. The summed E-state index contributed by atoms with van der Waals surface area (Å²) < 4.78 is 54.6. The first-order valence-electron chi connectivity index (χ1n) is 13.0. The monoisotopic (exact) mass is 626 g/mol. The van der Waals surface area contributed by atoms with E-state index in [1.54, 1.807) is 22.9 Å². The lowest BCUT2D eigenvalue weighted by molar-refractivity contribution is 0.0691. The van der Waals surface area contributed by atoms with E-state index < -0.39 is 23.1 Å². The Kier molecular flexibility index (Phi) is 7.75. The number of aromatic carboxylic acids is 1. The van der Waals surface area contributed by atoms with Crippen LogP contribution in [0.25, 0.3) is 26.8 Å². The summed E-state index contributed by atoms with van der Waals surface area (Å²) in [5.41, 5.74) is 3.44. The van der Waals surface area contributed by atoms with Crippen molar-refractivity contribution in [1.29, 1.82) is 0 Å². The van der Waals surface area contributed by atoms with E-state index in [9.17, 15) is 14.1 Å². The largest absolute Gasteiger partial charge is 0.476 e. The molecule has 5 aromatic rings. The Morgan fingerprint density at radius 1 is 1.14 bits per heavy atom. The Bertz CT molecular complexity index is 1840. The standard InChI is InChI=1S/C29H24F2N4O4S3/c1-15-2-9-26(41-15)20-12-18(6-8-22(20)30)27-21(11-17-5-7-19(13-23(17)31)34-42(38)39)24(10-16-3-4-16)33-35(27)29-32-25(14-40-29)28(36)37/h2,5-9,12-14,16,34H,3-4,10-11H2,1H3,(H,36,37)(H,38,39). The molecule has 1 fully saturated rings. The van der Waals surface area contributed by atoms with E-state index in [4.69, 9.17) is 9.65 Å². The molecule has 1 atom stereocenters. The van der Waals surface area contributed by atoms with Crippen LogP contribution in [0.4, 0.5) is 14.5 Å². The molecule has 13 heteroatoms. The summed E-state index contributed by atoms with van der Waals surface area (Å²) in [6, 6.07) is 12.8. The molecule has 42 heavy (non-hydrogen) atoms. The molecule has 1 saturated carbocycles. The predicted octanol–water partition coefficient (Wildman–Crippen LogP) is 7.10. The predicted molar refractivity (Wildman–Crippen MR) is 160 cm³/mol. The number of nitrogens with zero attached hydrogens (tertiary/aromatic N) is 3. The van der Waals surface area contributed by atoms with Gasteiger partial charge in [0.15, 0.2) is 5.69 Å². The third kappa shape index (κ3) is 5.91. The van der Waals surface area contributed by atoms with Crippen LogP contribution >= 0.6 is 22.7 Å². The molecule has 1 aliphatic carbocycles. The number of benzene rings is 2. The van der Waals surface area contributed by atoms with Gasteiger partial charge in [0, 0.05) is 38.2 Å². The summed E-state index contributed by atoms with van der Waals surface area (Å²) in [5.74, 6) is -1.69. The number of hydrogen-bond donors (Lipinski definition) is 3. The lowest BCUT2D eigenvalue weighted by atomic mass is 9.95. The average Bonchev–Trinajstić information content (AvgIpc) is 3.29. The number of carboxylic acid groups (broad SMARTS) is 1. The number of rotatable bonds is 10. The van der Waals surface area contributed by atoms with Crippen molar-refractivity contribution >= 4 is 45.6 Å². The van der Waals surface area contributed by atoms with Gasteiger partial charge in [-0.15, -0.1) is 22.7 Å². The van der Waals surface area contributed by atoms with Gasteiger partial charge in [0.05, 0.1) is 17.1 Å². The number of aromatic nitrogens is 3. The third-order valence-corrected chi connectivity index (χ3v) is 9.27. The molecular weight excluding hydrogens is 603 g/mol. The molecule has 0 bridgehead atoms. The number of hydrogen-bond acceptors (Lipinski definition) is 6. The number of anilines is 1. The Balaban J connectivity index is 1.54. The zero-order valence-electron chi connectivity index (χ0n) is 22.1. The van der Waals surface area contributed by atoms with Crippen molar-refractivity contribution in [3.05, 3.63) is 92.9 Å². The van der Waals surface area contributed by atoms with E-state index in [1.807, 2.05) is 19.1 Å². The molecule has 1 aliphatic rings. The van der Waals surface area contributed by atoms with Crippen molar-refractivity contribution in [1.82, 2.24) is 14.8 Å². The number of aryl methyl sites for hydroxylation is 1. The fourth-order valence-corrected chi connectivity index (χ4v) is 6.79. The fraction of sp³-hybridized carbons (Fsp3) is 0.207. The SMILES string of the molecule is Cc1ccc(-c2cc(-c3c(Cc4ccc(NS(=O)O)cc4F)c(CC4CC4)nn3-c3nc(C(=O)O)cs3)ccc2F)s1. The third-order valence-electron chi connectivity index (χ3n) is 7.01. The van der Waals surface area contributed by atoms with Gasteiger partial charge in [-0.25, -0.2) is 27.5 Å². The van der Waals surface area contributed by atoms with Crippen molar-refractivity contribution in [3.63, 3.8) is 0 Å². The molecule has 8 nitrogen and oxygen atoms in total. The first-order valence-corrected chi connectivity index (χ1v) is 15.8. The zero-order chi connectivity index (χ0) is 29.5. The molecule has 2 aromatic carbocycles. The molecule has 0 aliphatic heterocycles. The van der Waals surface area contributed by atoms with Gasteiger partial charge in [-0.1, -0.05) is 6.07 Å². The van der Waals surface area contributed by atoms with E-state index in [-0.39, 0.29) is 23.6 Å². The van der Waals surface area contributed by atoms with Crippen LogP contribution in [0.15, 0.2) is 53.9 Å². The lowest BCUT2D eigenvalue weighted by Gasteiger charge is -2.12. The first kappa shape index (κ1) is 28.3. The van der Waals surface area contributed by atoms with Crippen LogP contribution in [0.1, 0.15) is 45.0 Å². The second-order valence-corrected chi connectivity index (χ2v) is 12.9. The summed E-state index contributed by atoms with van der Waals surface area (Å²) in [5, 5.41) is 16.2. The minimum Gasteiger partial charge on any atom is -0.476 e. The van der Waals surface area contributed by atoms with Crippen LogP contribution in [0.2, 0.25) is 0 Å². The van der Waals surface area contributed by atoms with Gasteiger partial charge in [-0.05, 0) is 80.1 Å². The highest BCUT2D eigenvalue weighted by Crippen LogP contribution is 2.40. The molecule has 3 aromatic heterocycles. The highest BCUT2D eigenvalue weighted by molar-refractivity contribution is 7.80. The minimum atomic E-state index is -2.35. The summed E-state index contributed by atoms with van der Waals surface area (Å²) in [6.45, 7) is 1.95. The molecule has 0 saturated heterocycles. The van der Waals surface area contributed by atoms with Crippen LogP contribution in [-0.2, 0) is 24.1 Å². The Labute approximate surface area is 250 Å². The molecule has 3 heterocycles. The smallest absolute Gasteiger partial charge is 0.355 e. The van der Waals surface area contributed by atoms with Crippen molar-refractivity contribution in [2.75, 3.05) is 4.72 Å². The number of carbonyl (C=O) groups is 1. The van der Waals surface area contributed by atoms with Gasteiger partial charge in [0.2, 0.25) is 5.13 Å². The van der Waals surface area contributed by atoms with E-state index in [0.29, 0.717) is 39.9 Å². The van der Waals surface area contributed by atoms with Gasteiger partial charge in [-0.2, -0.15) is 5.10 Å². The summed E-state index contributed by atoms with van der Waals surface area (Å²) in [4.78, 5) is 17.7. The summed E-state index contributed by atoms with van der Waals surface area (Å²) in [6.07, 6.45) is 2.88. The maximum absolute atomic E-state index is 15.3. The number of nitrogens with one attached hydrogen (secondary N) is 1. The van der Waals surface area contributed by atoms with Gasteiger partial charge in [0.25, 0.3) is 11.3 Å². The molecule has 6 rings (SSSR count). The average molecular weight is 627 g/mol. The highest BCUT2D eigenvalue weighted by atomic mass is 32.2. The van der Waals surface area contributed by atoms with Crippen molar-refractivity contribution in [3.8, 4) is 26.8 Å².